The van der Waals surface area contributed by atoms with E-state index in [2.05, 4.69) is 20.3 Å². The van der Waals surface area contributed by atoms with E-state index in [4.69, 9.17) is 14.3 Å². The van der Waals surface area contributed by atoms with Gasteiger partial charge in [-0.2, -0.15) is 4.31 Å². The minimum absolute atomic E-state index is 0.250. The molecule has 3 fully saturated rings. The summed E-state index contributed by atoms with van der Waals surface area (Å²) in [4.78, 5) is 31.0. The maximum Gasteiger partial charge on any atom is 0.278 e. The van der Waals surface area contributed by atoms with Gasteiger partial charge in [0.15, 0.2) is 6.29 Å². The standard InChI is InChI=1S/C32H40N6O6S/c39-31(35-44-30-9-3-6-21-43-30)26-23-33-32(34-24-26)37-16-18-38(19-17-37)45(40,41)27-12-10-25(11-13-27)28-7-1-2-8-29(28)42-22-20-36-14-4-5-15-36/h1-2,7-8,10-13,23-24,30H,3-6,9,14-22H2,(H,35,39). The Morgan fingerprint density at radius 3 is 2.36 bits per heavy atom. The number of rotatable bonds is 11. The maximum atomic E-state index is 13.5. The minimum atomic E-state index is -3.68. The minimum Gasteiger partial charge on any atom is -0.492 e. The van der Waals surface area contributed by atoms with Crippen LogP contribution in [0.15, 0.2) is 65.8 Å². The van der Waals surface area contributed by atoms with Crippen molar-refractivity contribution in [3.8, 4) is 16.9 Å². The predicted octanol–water partition coefficient (Wildman–Crippen LogP) is 3.32. The molecule has 6 rings (SSSR count). The number of para-hydroxylation sites is 1. The fraction of sp³-hybridized carbons (Fsp3) is 0.469. The number of hydrogen-bond donors (Lipinski definition) is 1. The first-order valence-corrected chi connectivity index (χ1v) is 17.1. The Morgan fingerprint density at radius 2 is 1.64 bits per heavy atom. The summed E-state index contributed by atoms with van der Waals surface area (Å²) in [5, 5.41) is 0. The lowest BCUT2D eigenvalue weighted by Crippen LogP contribution is -2.49. The number of benzene rings is 2. The number of nitrogens with zero attached hydrogens (tertiary/aromatic N) is 5. The molecule has 2 aromatic carbocycles. The molecule has 1 N–H and O–H groups in total. The predicted molar refractivity (Wildman–Crippen MR) is 168 cm³/mol. The van der Waals surface area contributed by atoms with Gasteiger partial charge in [0.25, 0.3) is 5.91 Å². The molecule has 240 valence electrons. The lowest BCUT2D eigenvalue weighted by molar-refractivity contribution is -0.186. The second-order valence-corrected chi connectivity index (χ2v) is 13.4. The molecule has 1 amide bonds. The average molecular weight is 637 g/mol. The molecular weight excluding hydrogens is 596 g/mol. The summed E-state index contributed by atoms with van der Waals surface area (Å²) in [7, 11) is -3.68. The van der Waals surface area contributed by atoms with Gasteiger partial charge in [-0.15, -0.1) is 0 Å². The van der Waals surface area contributed by atoms with Gasteiger partial charge in [-0.3, -0.25) is 9.69 Å². The Balaban J connectivity index is 1.02. The third kappa shape index (κ3) is 7.79. The van der Waals surface area contributed by atoms with E-state index in [0.717, 1.165) is 55.8 Å². The zero-order valence-electron chi connectivity index (χ0n) is 25.3. The summed E-state index contributed by atoms with van der Waals surface area (Å²) in [5.74, 6) is 0.777. The molecule has 12 nitrogen and oxygen atoms in total. The number of piperazine rings is 1. The topological polar surface area (TPSA) is 126 Å². The SMILES string of the molecule is O=C(NOC1CCCCO1)c1cnc(N2CCN(S(=O)(=O)c3ccc(-c4ccccc4OCCN4CCCC4)cc3)CC2)nc1. The normalized spacial score (nSPS) is 19.8. The smallest absolute Gasteiger partial charge is 0.278 e. The Labute approximate surface area is 264 Å². The van der Waals surface area contributed by atoms with Crippen molar-refractivity contribution in [1.29, 1.82) is 0 Å². The monoisotopic (exact) mass is 636 g/mol. The number of likely N-dealkylation sites (tertiary alicyclic amines) is 1. The number of anilines is 1. The molecule has 0 aliphatic carbocycles. The Morgan fingerprint density at radius 1 is 0.911 bits per heavy atom. The third-order valence-electron chi connectivity index (χ3n) is 8.40. The van der Waals surface area contributed by atoms with Crippen LogP contribution in [0, 0.1) is 0 Å². The van der Waals surface area contributed by atoms with Crippen LogP contribution in [0.3, 0.4) is 0 Å². The first kappa shape index (κ1) is 31.4. The van der Waals surface area contributed by atoms with Gasteiger partial charge in [-0.25, -0.2) is 28.7 Å². The number of nitrogens with one attached hydrogen (secondary N) is 1. The van der Waals surface area contributed by atoms with Gasteiger partial charge in [-0.1, -0.05) is 30.3 Å². The highest BCUT2D eigenvalue weighted by Crippen LogP contribution is 2.31. The van der Waals surface area contributed by atoms with Crippen molar-refractivity contribution in [2.45, 2.75) is 43.3 Å². The van der Waals surface area contributed by atoms with Gasteiger partial charge in [-0.05, 0) is 62.5 Å². The number of hydrogen-bond acceptors (Lipinski definition) is 10. The van der Waals surface area contributed by atoms with Gasteiger partial charge in [0.05, 0.1) is 10.5 Å². The summed E-state index contributed by atoms with van der Waals surface area (Å²) >= 11 is 0. The highest BCUT2D eigenvalue weighted by atomic mass is 32.2. The van der Waals surface area contributed by atoms with Crippen molar-refractivity contribution in [1.82, 2.24) is 24.7 Å². The molecule has 0 spiro atoms. The fourth-order valence-corrected chi connectivity index (χ4v) is 7.21. The van der Waals surface area contributed by atoms with E-state index in [-0.39, 0.29) is 10.5 Å². The Hall–Kier alpha value is -3.62. The number of hydroxylamine groups is 1. The molecule has 1 atom stereocenters. The Kier molecular flexibility index (Phi) is 10.2. The van der Waals surface area contributed by atoms with Crippen LogP contribution in [0.2, 0.25) is 0 Å². The summed E-state index contributed by atoms with van der Waals surface area (Å²) < 4.78 is 40.0. The van der Waals surface area contributed by atoms with Crippen LogP contribution in [0.25, 0.3) is 11.1 Å². The van der Waals surface area contributed by atoms with Crippen LogP contribution in [-0.2, 0) is 19.6 Å². The van der Waals surface area contributed by atoms with Crippen LogP contribution in [0.4, 0.5) is 5.95 Å². The number of carbonyl (C=O) groups is 1. The van der Waals surface area contributed by atoms with Gasteiger partial charge < -0.3 is 14.4 Å². The third-order valence-corrected chi connectivity index (χ3v) is 10.3. The van der Waals surface area contributed by atoms with Gasteiger partial charge in [0.1, 0.15) is 12.4 Å². The molecular formula is C32H40N6O6S. The molecule has 4 heterocycles. The lowest BCUT2D eigenvalue weighted by atomic mass is 10.1. The zero-order chi connectivity index (χ0) is 31.1. The van der Waals surface area contributed by atoms with E-state index in [1.54, 1.807) is 12.1 Å². The molecule has 3 saturated heterocycles. The quantitative estimate of drug-likeness (QED) is 0.313. The maximum absolute atomic E-state index is 13.5. The van der Waals surface area contributed by atoms with Crippen LogP contribution in [0.1, 0.15) is 42.5 Å². The number of carbonyl (C=O) groups excluding carboxylic acids is 1. The number of sulfonamides is 1. The van der Waals surface area contributed by atoms with Crippen molar-refractivity contribution in [3.05, 3.63) is 66.5 Å². The number of aromatic nitrogens is 2. The molecule has 45 heavy (non-hydrogen) atoms. The zero-order valence-corrected chi connectivity index (χ0v) is 26.2. The number of amides is 1. The van der Waals surface area contributed by atoms with Crippen LogP contribution in [-0.4, -0.2) is 98.8 Å². The lowest BCUT2D eigenvalue weighted by Gasteiger charge is -2.34. The summed E-state index contributed by atoms with van der Waals surface area (Å²) in [5.41, 5.74) is 4.50. The van der Waals surface area contributed by atoms with E-state index in [9.17, 15) is 13.2 Å². The van der Waals surface area contributed by atoms with Crippen molar-refractivity contribution >= 4 is 21.9 Å². The van der Waals surface area contributed by atoms with E-state index >= 15 is 0 Å². The fourth-order valence-electron chi connectivity index (χ4n) is 5.79. The van der Waals surface area contributed by atoms with Gasteiger partial charge >= 0.3 is 0 Å². The molecule has 1 unspecified atom stereocenters. The molecule has 3 aromatic rings. The summed E-state index contributed by atoms with van der Waals surface area (Å²) in [6.07, 6.45) is 7.63. The van der Waals surface area contributed by atoms with E-state index in [1.165, 1.54) is 29.5 Å². The number of ether oxygens (including phenoxy) is 2. The summed E-state index contributed by atoms with van der Waals surface area (Å²) in [6, 6.07) is 14.9. The first-order chi connectivity index (χ1) is 22.0. The molecule has 0 radical (unpaired) electrons. The second-order valence-electron chi connectivity index (χ2n) is 11.4. The average Bonchev–Trinajstić information content (AvgIpc) is 3.62. The molecule has 13 heteroatoms. The van der Waals surface area contributed by atoms with Crippen LogP contribution < -0.4 is 15.1 Å². The van der Waals surface area contributed by atoms with Crippen molar-refractivity contribution < 1.29 is 27.5 Å². The molecule has 0 bridgehead atoms. The van der Waals surface area contributed by atoms with Crippen LogP contribution in [0.5, 0.6) is 5.75 Å². The van der Waals surface area contributed by atoms with Crippen molar-refractivity contribution in [2.24, 2.45) is 0 Å². The molecule has 3 aliphatic heterocycles. The van der Waals surface area contributed by atoms with E-state index < -0.39 is 22.2 Å². The van der Waals surface area contributed by atoms with E-state index in [0.29, 0.717) is 45.3 Å². The van der Waals surface area contributed by atoms with Crippen molar-refractivity contribution in [3.63, 3.8) is 0 Å². The molecule has 1 aromatic heterocycles. The highest BCUT2D eigenvalue weighted by molar-refractivity contribution is 7.89. The first-order valence-electron chi connectivity index (χ1n) is 15.7. The van der Waals surface area contributed by atoms with Gasteiger partial charge in [0, 0.05) is 63.7 Å². The van der Waals surface area contributed by atoms with E-state index in [1.807, 2.05) is 41.3 Å². The van der Waals surface area contributed by atoms with Gasteiger partial charge in [0.2, 0.25) is 16.0 Å². The highest BCUT2D eigenvalue weighted by Gasteiger charge is 2.29. The second kappa shape index (κ2) is 14.6. The van der Waals surface area contributed by atoms with Crippen LogP contribution >= 0.6 is 0 Å². The largest absolute Gasteiger partial charge is 0.492 e. The summed E-state index contributed by atoms with van der Waals surface area (Å²) in [6.45, 7) is 5.82. The molecule has 3 aliphatic rings. The Bertz CT molecular complexity index is 1520. The van der Waals surface area contributed by atoms with Crippen molar-refractivity contribution in [2.75, 3.05) is 63.9 Å². The molecule has 0 saturated carbocycles.